The Hall–Kier alpha value is -3.03. The number of aryl methyl sites for hydroxylation is 1. The van der Waals surface area contributed by atoms with Crippen LogP contribution >= 0.6 is 11.8 Å². The van der Waals surface area contributed by atoms with Crippen LogP contribution in [0.3, 0.4) is 0 Å². The number of hydrogen-bond donors (Lipinski definition) is 2. The zero-order valence-electron chi connectivity index (χ0n) is 16.9. The summed E-state index contributed by atoms with van der Waals surface area (Å²) in [6.07, 6.45) is 1.77. The lowest BCUT2D eigenvalue weighted by molar-refractivity contribution is -0.387. The normalized spacial score (nSPS) is 11.6. The number of imidazole rings is 1. The van der Waals surface area contributed by atoms with E-state index in [0.29, 0.717) is 22.7 Å². The van der Waals surface area contributed by atoms with Crippen molar-refractivity contribution >= 4 is 50.1 Å². The maximum Gasteiger partial charge on any atom is 0.306 e. The molecule has 32 heavy (non-hydrogen) atoms. The Morgan fingerprint density at radius 1 is 1.31 bits per heavy atom. The standard InChI is InChI=1S/C19H20FN5O5S2/c1-2-3-8-24-16-7-5-13(32(21,29)30)10-15(16)23-19(24)31-11-18(26)22-12-4-6-14(20)17(9-12)25(27)28/h4-7,9-10H,2-3,8,11H2,1H3,(H,22,26)(H2,21,29,30). The number of nitro benzene ring substituents is 1. The number of benzene rings is 2. The van der Waals surface area contributed by atoms with Gasteiger partial charge in [-0.3, -0.25) is 14.9 Å². The van der Waals surface area contributed by atoms with Crippen molar-refractivity contribution in [1.29, 1.82) is 0 Å². The number of carbonyl (C=O) groups is 1. The largest absolute Gasteiger partial charge is 0.325 e. The Kier molecular flexibility index (Phi) is 7.11. The zero-order chi connectivity index (χ0) is 23.5. The Labute approximate surface area is 187 Å². The van der Waals surface area contributed by atoms with Gasteiger partial charge in [0.2, 0.25) is 21.7 Å². The quantitative estimate of drug-likeness (QED) is 0.270. The first-order chi connectivity index (χ1) is 15.1. The molecule has 10 nitrogen and oxygen atoms in total. The monoisotopic (exact) mass is 481 g/mol. The van der Waals surface area contributed by atoms with Crippen molar-refractivity contribution in [3.8, 4) is 0 Å². The third-order valence-corrected chi connectivity index (χ3v) is 6.39. The van der Waals surface area contributed by atoms with Crippen molar-refractivity contribution in [2.45, 2.75) is 36.4 Å². The third-order valence-electron chi connectivity index (χ3n) is 4.51. The van der Waals surface area contributed by atoms with E-state index < -0.39 is 32.4 Å². The summed E-state index contributed by atoms with van der Waals surface area (Å²) >= 11 is 1.13. The Bertz CT molecular complexity index is 1290. The molecule has 0 saturated heterocycles. The molecule has 0 aliphatic heterocycles. The lowest BCUT2D eigenvalue weighted by atomic mass is 10.2. The van der Waals surface area contributed by atoms with Gasteiger partial charge in [-0.05, 0) is 36.8 Å². The number of halogens is 1. The number of sulfonamides is 1. The molecular formula is C19H20FN5O5S2. The minimum absolute atomic E-state index is 0.0580. The molecule has 1 aromatic heterocycles. The molecule has 0 radical (unpaired) electrons. The molecule has 3 aromatic rings. The van der Waals surface area contributed by atoms with Gasteiger partial charge >= 0.3 is 5.69 Å². The van der Waals surface area contributed by atoms with Crippen molar-refractivity contribution in [2.24, 2.45) is 5.14 Å². The van der Waals surface area contributed by atoms with Crippen LogP contribution in [0, 0.1) is 15.9 Å². The lowest BCUT2D eigenvalue weighted by Crippen LogP contribution is -2.15. The van der Waals surface area contributed by atoms with Crippen LogP contribution in [0.15, 0.2) is 46.5 Å². The number of primary sulfonamides is 1. The number of fused-ring (bicyclic) bond motifs is 1. The van der Waals surface area contributed by atoms with Gasteiger partial charge in [-0.25, -0.2) is 18.5 Å². The van der Waals surface area contributed by atoms with E-state index >= 15 is 0 Å². The van der Waals surface area contributed by atoms with Crippen molar-refractivity contribution < 1.29 is 22.5 Å². The number of hydrogen-bond acceptors (Lipinski definition) is 7. The van der Waals surface area contributed by atoms with Crippen molar-refractivity contribution in [1.82, 2.24) is 9.55 Å². The zero-order valence-corrected chi connectivity index (χ0v) is 18.6. The summed E-state index contributed by atoms with van der Waals surface area (Å²) in [6.45, 7) is 2.65. The molecule has 0 aliphatic carbocycles. The third kappa shape index (κ3) is 5.41. The van der Waals surface area contributed by atoms with Gasteiger partial charge in [0.1, 0.15) is 0 Å². The van der Waals surface area contributed by atoms with E-state index in [1.807, 2.05) is 11.5 Å². The Morgan fingerprint density at radius 3 is 2.72 bits per heavy atom. The molecule has 0 unspecified atom stereocenters. The molecular weight excluding hydrogens is 461 g/mol. The first-order valence-electron chi connectivity index (χ1n) is 9.50. The summed E-state index contributed by atoms with van der Waals surface area (Å²) in [5.41, 5.74) is 0.510. The summed E-state index contributed by atoms with van der Waals surface area (Å²) in [4.78, 5) is 26.7. The number of thioether (sulfide) groups is 1. The second kappa shape index (κ2) is 9.63. The van der Waals surface area contributed by atoms with Gasteiger partial charge in [0.15, 0.2) is 5.16 Å². The maximum atomic E-state index is 13.5. The predicted octanol–water partition coefficient (Wildman–Crippen LogP) is 3.26. The molecule has 0 aliphatic rings. The van der Waals surface area contributed by atoms with Crippen LogP contribution in [-0.2, 0) is 21.4 Å². The van der Waals surface area contributed by atoms with Gasteiger partial charge in [-0.2, -0.15) is 4.39 Å². The molecule has 3 N–H and O–H groups in total. The first-order valence-corrected chi connectivity index (χ1v) is 12.0. The van der Waals surface area contributed by atoms with Gasteiger partial charge < -0.3 is 9.88 Å². The number of nitro groups is 1. The number of nitrogens with one attached hydrogen (secondary N) is 1. The van der Waals surface area contributed by atoms with Crippen LogP contribution in [0.25, 0.3) is 11.0 Å². The van der Waals surface area contributed by atoms with Gasteiger partial charge in [0.05, 0.1) is 26.6 Å². The minimum atomic E-state index is -3.88. The van der Waals surface area contributed by atoms with E-state index in [-0.39, 0.29) is 16.3 Å². The number of nitrogens with two attached hydrogens (primary N) is 1. The summed E-state index contributed by atoms with van der Waals surface area (Å²) in [6, 6.07) is 7.51. The smallest absolute Gasteiger partial charge is 0.306 e. The molecule has 0 spiro atoms. The molecule has 1 amide bonds. The highest BCUT2D eigenvalue weighted by atomic mass is 32.2. The fraction of sp³-hybridized carbons (Fsp3) is 0.263. The van der Waals surface area contributed by atoms with Crippen LogP contribution in [0.4, 0.5) is 15.8 Å². The van der Waals surface area contributed by atoms with Crippen molar-refractivity contribution in [3.63, 3.8) is 0 Å². The van der Waals surface area contributed by atoms with Gasteiger partial charge in [0, 0.05) is 18.3 Å². The average Bonchev–Trinajstić information content (AvgIpc) is 3.08. The summed E-state index contributed by atoms with van der Waals surface area (Å²) in [5.74, 6) is -1.52. The van der Waals surface area contributed by atoms with E-state index in [2.05, 4.69) is 10.3 Å². The van der Waals surface area contributed by atoms with Gasteiger partial charge in [-0.1, -0.05) is 25.1 Å². The maximum absolute atomic E-state index is 13.5. The first kappa shape index (κ1) is 23.6. The summed E-state index contributed by atoms with van der Waals surface area (Å²) in [5, 5.41) is 19.1. The molecule has 3 rings (SSSR count). The lowest BCUT2D eigenvalue weighted by Gasteiger charge is -2.09. The van der Waals surface area contributed by atoms with Gasteiger partial charge in [-0.15, -0.1) is 0 Å². The minimum Gasteiger partial charge on any atom is -0.325 e. The predicted molar refractivity (Wildman–Crippen MR) is 118 cm³/mol. The SMILES string of the molecule is CCCCn1c(SCC(=O)Nc2ccc(F)c([N+](=O)[O-])c2)nc2cc(S(N)(=O)=O)ccc21. The van der Waals surface area contributed by atoms with E-state index in [9.17, 15) is 27.7 Å². The van der Waals surface area contributed by atoms with E-state index in [0.717, 1.165) is 36.7 Å². The highest BCUT2D eigenvalue weighted by Gasteiger charge is 2.18. The van der Waals surface area contributed by atoms with Gasteiger partial charge in [0.25, 0.3) is 0 Å². The summed E-state index contributed by atoms with van der Waals surface area (Å²) < 4.78 is 38.6. The molecule has 0 saturated carbocycles. The molecule has 13 heteroatoms. The Morgan fingerprint density at radius 2 is 2.06 bits per heavy atom. The van der Waals surface area contributed by atoms with Crippen molar-refractivity contribution in [2.75, 3.05) is 11.1 Å². The highest BCUT2D eigenvalue weighted by Crippen LogP contribution is 2.27. The summed E-state index contributed by atoms with van der Waals surface area (Å²) in [7, 11) is -3.88. The van der Waals surface area contributed by atoms with Crippen molar-refractivity contribution in [3.05, 3.63) is 52.3 Å². The average molecular weight is 482 g/mol. The molecule has 0 bridgehead atoms. The second-order valence-corrected chi connectivity index (χ2v) is 9.36. The van der Waals surface area contributed by atoms with Crippen LogP contribution in [0.1, 0.15) is 19.8 Å². The molecule has 2 aromatic carbocycles. The van der Waals surface area contributed by atoms with Crippen LogP contribution in [0.5, 0.6) is 0 Å². The molecule has 170 valence electrons. The Balaban J connectivity index is 1.80. The number of amides is 1. The molecule has 0 atom stereocenters. The second-order valence-electron chi connectivity index (χ2n) is 6.86. The number of unbranched alkanes of at least 4 members (excludes halogenated alkanes) is 1. The van der Waals surface area contributed by atoms with E-state index in [1.165, 1.54) is 18.2 Å². The number of anilines is 1. The van der Waals surface area contributed by atoms with Crippen LogP contribution < -0.4 is 10.5 Å². The number of nitrogens with zero attached hydrogens (tertiary/aromatic N) is 3. The van der Waals surface area contributed by atoms with E-state index in [1.54, 1.807) is 6.07 Å². The fourth-order valence-corrected chi connectivity index (χ4v) is 4.34. The molecule has 1 heterocycles. The number of rotatable bonds is 9. The highest BCUT2D eigenvalue weighted by molar-refractivity contribution is 7.99. The molecule has 0 fully saturated rings. The fourth-order valence-electron chi connectivity index (χ4n) is 2.96. The van der Waals surface area contributed by atoms with Crippen LogP contribution in [0.2, 0.25) is 0 Å². The number of aromatic nitrogens is 2. The van der Waals surface area contributed by atoms with Crippen LogP contribution in [-0.4, -0.2) is 34.6 Å². The number of carbonyl (C=O) groups excluding carboxylic acids is 1. The topological polar surface area (TPSA) is 150 Å². The van der Waals surface area contributed by atoms with E-state index in [4.69, 9.17) is 5.14 Å².